The molecule has 1 aliphatic heterocycles. The Kier molecular flexibility index (Phi) is 8.93. The van der Waals surface area contributed by atoms with Crippen LogP contribution in [0, 0.1) is 0 Å². The second-order valence-electron chi connectivity index (χ2n) is 11.0. The first-order valence-electron chi connectivity index (χ1n) is 13.6. The first kappa shape index (κ1) is 29.4. The number of hydrogen-bond acceptors (Lipinski definition) is 7. The Morgan fingerprint density at radius 3 is 1.79 bits per heavy atom. The molecule has 3 aromatic rings. The molecule has 0 atom stereocenters. The normalized spacial score (nSPS) is 15.0. The van der Waals surface area contributed by atoms with E-state index in [1.54, 1.807) is 29.9 Å². The number of piperazine rings is 1. The molecule has 0 aliphatic carbocycles. The summed E-state index contributed by atoms with van der Waals surface area (Å²) in [6, 6.07) is 9.93. The molecule has 4 rings (SSSR count). The highest BCUT2D eigenvalue weighted by Crippen LogP contribution is 2.38. The maximum absolute atomic E-state index is 14.1. The van der Waals surface area contributed by atoms with Crippen molar-refractivity contribution < 1.29 is 17.9 Å². The van der Waals surface area contributed by atoms with Crippen molar-refractivity contribution in [3.05, 3.63) is 52.4 Å². The van der Waals surface area contributed by atoms with E-state index in [1.807, 2.05) is 23.6 Å². The molecule has 0 radical (unpaired) electrons. The molecule has 1 fully saturated rings. The Morgan fingerprint density at radius 2 is 1.33 bits per heavy atom. The smallest absolute Gasteiger partial charge is 0.243 e. The highest BCUT2D eigenvalue weighted by atomic mass is 32.2. The van der Waals surface area contributed by atoms with Crippen LogP contribution in [0.5, 0.6) is 11.5 Å². The van der Waals surface area contributed by atoms with Gasteiger partial charge in [0.1, 0.15) is 11.5 Å². The van der Waals surface area contributed by atoms with Crippen LogP contribution in [0.4, 0.5) is 5.13 Å². The molecule has 0 spiro atoms. The zero-order valence-corrected chi connectivity index (χ0v) is 25.9. The number of aromatic nitrogens is 1. The zero-order valence-electron chi connectivity index (χ0n) is 24.3. The number of hydrogen-bond donors (Lipinski definition) is 0. The lowest BCUT2D eigenvalue weighted by Gasteiger charge is -2.35. The number of benzene rings is 2. The van der Waals surface area contributed by atoms with Crippen LogP contribution in [0.15, 0.2) is 40.6 Å². The first-order chi connectivity index (χ1) is 18.5. The number of anilines is 1. The summed E-state index contributed by atoms with van der Waals surface area (Å²) in [6.45, 7) is 14.7. The predicted octanol–water partition coefficient (Wildman–Crippen LogP) is 6.71. The van der Waals surface area contributed by atoms with Crippen LogP contribution in [0.3, 0.4) is 0 Å². The first-order valence-corrected chi connectivity index (χ1v) is 15.9. The van der Waals surface area contributed by atoms with E-state index in [4.69, 9.17) is 14.5 Å². The van der Waals surface area contributed by atoms with Gasteiger partial charge in [-0.3, -0.25) is 0 Å². The lowest BCUT2D eigenvalue weighted by Crippen LogP contribution is -2.49. The van der Waals surface area contributed by atoms with E-state index in [0.29, 0.717) is 48.5 Å². The molecule has 212 valence electrons. The van der Waals surface area contributed by atoms with E-state index in [2.05, 4.69) is 58.6 Å². The molecular formula is C30H41N3O4S2. The number of sulfonamides is 1. The minimum atomic E-state index is -3.65. The Bertz CT molecular complexity index is 1350. The number of nitrogens with zero attached hydrogens (tertiary/aromatic N) is 3. The van der Waals surface area contributed by atoms with Gasteiger partial charge in [-0.15, -0.1) is 11.3 Å². The van der Waals surface area contributed by atoms with Crippen molar-refractivity contribution in [1.82, 2.24) is 9.29 Å². The summed E-state index contributed by atoms with van der Waals surface area (Å²) in [5.74, 6) is 1.97. The average Bonchev–Trinajstić information content (AvgIpc) is 3.42. The van der Waals surface area contributed by atoms with Crippen LogP contribution in [0.2, 0.25) is 0 Å². The van der Waals surface area contributed by atoms with Gasteiger partial charge in [-0.25, -0.2) is 13.4 Å². The number of rotatable bonds is 9. The summed E-state index contributed by atoms with van der Waals surface area (Å²) in [5, 5.41) is 2.91. The van der Waals surface area contributed by atoms with Crippen molar-refractivity contribution in [3.8, 4) is 22.8 Å². The summed E-state index contributed by atoms with van der Waals surface area (Å²) in [6.07, 6.45) is 0. The summed E-state index contributed by atoms with van der Waals surface area (Å²) >= 11 is 1.57. The lowest BCUT2D eigenvalue weighted by molar-refractivity contribution is 0.383. The van der Waals surface area contributed by atoms with Crippen LogP contribution in [0.25, 0.3) is 11.3 Å². The topological polar surface area (TPSA) is 72.0 Å². The van der Waals surface area contributed by atoms with Crippen LogP contribution in [-0.2, 0) is 10.0 Å². The fourth-order valence-electron chi connectivity index (χ4n) is 4.93. The molecule has 0 saturated carbocycles. The Labute approximate surface area is 237 Å². The Hall–Kier alpha value is -2.62. The summed E-state index contributed by atoms with van der Waals surface area (Å²) in [5.41, 5.74) is 4.80. The molecule has 1 saturated heterocycles. The van der Waals surface area contributed by atoms with Gasteiger partial charge in [0.15, 0.2) is 5.13 Å². The largest absolute Gasteiger partial charge is 0.497 e. The monoisotopic (exact) mass is 571 g/mol. The van der Waals surface area contributed by atoms with Crippen LogP contribution < -0.4 is 14.4 Å². The summed E-state index contributed by atoms with van der Waals surface area (Å²) in [7, 11) is -0.392. The second-order valence-corrected chi connectivity index (χ2v) is 13.7. The fraction of sp³-hybridized carbons (Fsp3) is 0.500. The molecule has 0 bridgehead atoms. The fourth-order valence-corrected chi connectivity index (χ4v) is 7.91. The van der Waals surface area contributed by atoms with E-state index < -0.39 is 10.0 Å². The number of methoxy groups -OCH3 is 2. The minimum Gasteiger partial charge on any atom is -0.497 e. The Morgan fingerprint density at radius 1 is 0.795 bits per heavy atom. The molecule has 2 aromatic carbocycles. The van der Waals surface area contributed by atoms with Crippen molar-refractivity contribution in [3.63, 3.8) is 0 Å². The van der Waals surface area contributed by atoms with Crippen LogP contribution in [0.1, 0.15) is 76.0 Å². The lowest BCUT2D eigenvalue weighted by atomic mass is 9.89. The van der Waals surface area contributed by atoms with E-state index in [-0.39, 0.29) is 11.8 Å². The molecule has 9 heteroatoms. The van der Waals surface area contributed by atoms with E-state index in [0.717, 1.165) is 27.5 Å². The third-order valence-corrected chi connectivity index (χ3v) is 10.3. The summed E-state index contributed by atoms with van der Waals surface area (Å²) < 4.78 is 40.8. The number of ether oxygens (including phenoxy) is 2. The molecule has 0 amide bonds. The van der Waals surface area contributed by atoms with Gasteiger partial charge >= 0.3 is 0 Å². The van der Waals surface area contributed by atoms with Crippen molar-refractivity contribution >= 4 is 26.5 Å². The van der Waals surface area contributed by atoms with Crippen molar-refractivity contribution in [2.45, 2.75) is 64.2 Å². The number of thiazole rings is 1. The molecule has 0 unspecified atom stereocenters. The van der Waals surface area contributed by atoms with Crippen molar-refractivity contribution in [1.29, 1.82) is 0 Å². The van der Waals surface area contributed by atoms with Gasteiger partial charge in [-0.05, 0) is 46.6 Å². The minimum absolute atomic E-state index is 0.108. The Balaban J connectivity index is 1.58. The maximum Gasteiger partial charge on any atom is 0.243 e. The van der Waals surface area contributed by atoms with Crippen LogP contribution in [-0.4, -0.2) is 58.1 Å². The molecule has 2 heterocycles. The van der Waals surface area contributed by atoms with Crippen molar-refractivity contribution in [2.24, 2.45) is 0 Å². The van der Waals surface area contributed by atoms with Crippen molar-refractivity contribution in [2.75, 3.05) is 45.3 Å². The maximum atomic E-state index is 14.1. The van der Waals surface area contributed by atoms with Gasteiger partial charge in [0, 0.05) is 43.2 Å². The molecule has 1 aromatic heterocycles. The molecular weight excluding hydrogens is 530 g/mol. The highest BCUT2D eigenvalue weighted by Gasteiger charge is 2.34. The van der Waals surface area contributed by atoms with E-state index in [1.165, 1.54) is 5.56 Å². The third-order valence-electron chi connectivity index (χ3n) is 7.33. The quantitative estimate of drug-likeness (QED) is 0.284. The SMILES string of the molecule is COc1cc(OC)cc(-c2csc(N3CCN(S(=O)(=O)c4c(C(C)C)cc(C(C)C)cc4C(C)C)CC3)n2)c1. The average molecular weight is 572 g/mol. The standard InChI is InChI=1S/C30H41N3O4S2/c1-19(2)22-15-26(20(3)4)29(27(16-22)21(5)6)39(34,35)33-11-9-32(10-12-33)30-31-28(18-38-30)23-13-24(36-7)17-25(14-23)37-8/h13-21H,9-12H2,1-8H3. The molecule has 39 heavy (non-hydrogen) atoms. The van der Waals surface area contributed by atoms with Gasteiger partial charge in [-0.2, -0.15) is 4.31 Å². The zero-order chi connectivity index (χ0) is 28.5. The molecule has 0 N–H and O–H groups in total. The van der Waals surface area contributed by atoms with Gasteiger partial charge in [0.25, 0.3) is 0 Å². The van der Waals surface area contributed by atoms with Gasteiger partial charge in [0.2, 0.25) is 10.0 Å². The third kappa shape index (κ3) is 6.10. The van der Waals surface area contributed by atoms with Gasteiger partial charge < -0.3 is 14.4 Å². The molecule has 7 nitrogen and oxygen atoms in total. The highest BCUT2D eigenvalue weighted by molar-refractivity contribution is 7.89. The van der Waals surface area contributed by atoms with E-state index >= 15 is 0 Å². The van der Waals surface area contributed by atoms with Crippen LogP contribution >= 0.6 is 11.3 Å². The van der Waals surface area contributed by atoms with Gasteiger partial charge in [0.05, 0.1) is 24.8 Å². The van der Waals surface area contributed by atoms with E-state index in [9.17, 15) is 8.42 Å². The second kappa shape index (κ2) is 11.9. The summed E-state index contributed by atoms with van der Waals surface area (Å²) in [4.78, 5) is 7.55. The predicted molar refractivity (Wildman–Crippen MR) is 160 cm³/mol. The molecule has 1 aliphatic rings. The van der Waals surface area contributed by atoms with Gasteiger partial charge in [-0.1, -0.05) is 53.7 Å².